The lowest BCUT2D eigenvalue weighted by molar-refractivity contribution is 0.0600. The minimum atomic E-state index is -0.344. The van der Waals surface area contributed by atoms with Crippen LogP contribution in [0.4, 0.5) is 0 Å². The van der Waals surface area contributed by atoms with Crippen molar-refractivity contribution in [2.45, 2.75) is 17.8 Å². The van der Waals surface area contributed by atoms with E-state index in [1.165, 1.54) is 12.7 Å². The molecule has 0 bridgehead atoms. The number of pyridine rings is 1. The Morgan fingerprint density at radius 1 is 1.07 bits per heavy atom. The Kier molecular flexibility index (Phi) is 5.90. The van der Waals surface area contributed by atoms with Crippen molar-refractivity contribution < 1.29 is 9.53 Å². The molecule has 4 rings (SSSR count). The molecule has 0 N–H and O–H groups in total. The predicted octanol–water partition coefficient (Wildman–Crippen LogP) is 4.72. The van der Waals surface area contributed by atoms with Crippen molar-refractivity contribution >= 4 is 17.7 Å². The molecule has 0 aliphatic heterocycles. The van der Waals surface area contributed by atoms with Gasteiger partial charge in [0.2, 0.25) is 0 Å². The molecule has 0 unspecified atom stereocenters. The first-order valence-corrected chi connectivity index (χ1v) is 10.4. The Labute approximate surface area is 179 Å². The molecule has 0 saturated carbocycles. The highest BCUT2D eigenvalue weighted by atomic mass is 32.2. The fourth-order valence-electron chi connectivity index (χ4n) is 3.03. The summed E-state index contributed by atoms with van der Waals surface area (Å²) >= 11 is 1.56. The van der Waals surface area contributed by atoms with Gasteiger partial charge in [-0.1, -0.05) is 41.6 Å². The van der Waals surface area contributed by atoms with E-state index in [1.807, 2.05) is 34.9 Å². The smallest absolute Gasteiger partial charge is 0.337 e. The number of hydrogen-bond acceptors (Lipinski definition) is 6. The molecule has 0 atom stereocenters. The first kappa shape index (κ1) is 19.8. The van der Waals surface area contributed by atoms with E-state index in [0.717, 1.165) is 27.8 Å². The van der Waals surface area contributed by atoms with Crippen LogP contribution in [0.1, 0.15) is 21.5 Å². The summed E-state index contributed by atoms with van der Waals surface area (Å²) in [5.74, 6) is 1.03. The van der Waals surface area contributed by atoms with Gasteiger partial charge >= 0.3 is 5.97 Å². The molecule has 2 aromatic heterocycles. The average Bonchev–Trinajstić information content (AvgIpc) is 3.22. The van der Waals surface area contributed by atoms with Crippen molar-refractivity contribution in [1.29, 1.82) is 0 Å². The lowest BCUT2D eigenvalue weighted by Gasteiger charge is -2.11. The summed E-state index contributed by atoms with van der Waals surface area (Å²) < 4.78 is 6.85. The monoisotopic (exact) mass is 416 g/mol. The maximum atomic E-state index is 11.8. The highest BCUT2D eigenvalue weighted by Crippen LogP contribution is 2.29. The third-order valence-electron chi connectivity index (χ3n) is 4.56. The number of ether oxygens (including phenoxy) is 1. The van der Waals surface area contributed by atoms with E-state index >= 15 is 0 Å². The average molecular weight is 417 g/mol. The van der Waals surface area contributed by atoms with Gasteiger partial charge in [-0.25, -0.2) is 4.79 Å². The molecule has 7 heteroatoms. The minimum absolute atomic E-state index is 0.344. The van der Waals surface area contributed by atoms with Crippen LogP contribution < -0.4 is 0 Å². The predicted molar refractivity (Wildman–Crippen MR) is 117 cm³/mol. The van der Waals surface area contributed by atoms with E-state index in [4.69, 9.17) is 4.74 Å². The number of nitrogens with zero attached hydrogens (tertiary/aromatic N) is 4. The summed E-state index contributed by atoms with van der Waals surface area (Å²) in [5, 5.41) is 9.64. The van der Waals surface area contributed by atoms with E-state index < -0.39 is 0 Å². The zero-order valence-corrected chi connectivity index (χ0v) is 17.5. The van der Waals surface area contributed by atoms with Crippen LogP contribution in [0.5, 0.6) is 0 Å². The molecule has 0 aliphatic carbocycles. The third-order valence-corrected chi connectivity index (χ3v) is 5.56. The van der Waals surface area contributed by atoms with Crippen LogP contribution in [-0.4, -0.2) is 32.8 Å². The fraction of sp³-hybridized carbons (Fsp3) is 0.130. The summed E-state index contributed by atoms with van der Waals surface area (Å²) in [6.07, 6.45) is 3.52. The highest BCUT2D eigenvalue weighted by molar-refractivity contribution is 7.98. The Hall–Kier alpha value is -3.45. The number of methoxy groups -OCH3 is 1. The SMILES string of the molecule is COC(=O)c1cccc(CSc2nnc(-c3cccnc3)n2-c2ccc(C)cc2)c1. The van der Waals surface area contributed by atoms with E-state index in [2.05, 4.69) is 46.4 Å². The van der Waals surface area contributed by atoms with E-state index in [1.54, 1.807) is 30.2 Å². The molecule has 2 heterocycles. The van der Waals surface area contributed by atoms with Gasteiger partial charge in [-0.2, -0.15) is 0 Å². The van der Waals surface area contributed by atoms with Gasteiger partial charge in [-0.05, 0) is 48.9 Å². The third kappa shape index (κ3) is 4.26. The Bertz CT molecular complexity index is 1160. The van der Waals surface area contributed by atoms with Crippen molar-refractivity contribution in [3.63, 3.8) is 0 Å². The normalized spacial score (nSPS) is 10.7. The molecule has 0 aliphatic rings. The Balaban J connectivity index is 1.68. The zero-order valence-electron chi connectivity index (χ0n) is 16.6. The van der Waals surface area contributed by atoms with Crippen molar-refractivity contribution in [3.05, 3.63) is 89.7 Å². The van der Waals surface area contributed by atoms with Gasteiger partial charge in [-0.15, -0.1) is 10.2 Å². The van der Waals surface area contributed by atoms with Crippen LogP contribution in [0.25, 0.3) is 17.1 Å². The summed E-state index contributed by atoms with van der Waals surface area (Å²) in [7, 11) is 1.38. The lowest BCUT2D eigenvalue weighted by Crippen LogP contribution is -2.02. The molecule has 150 valence electrons. The minimum Gasteiger partial charge on any atom is -0.465 e. The number of carbonyl (C=O) groups excluding carboxylic acids is 1. The zero-order chi connectivity index (χ0) is 20.9. The second kappa shape index (κ2) is 8.92. The molecule has 0 radical (unpaired) electrons. The molecule has 2 aromatic carbocycles. The van der Waals surface area contributed by atoms with Gasteiger partial charge in [0.15, 0.2) is 11.0 Å². The largest absolute Gasteiger partial charge is 0.465 e. The van der Waals surface area contributed by atoms with Gasteiger partial charge in [0.1, 0.15) is 0 Å². The number of benzene rings is 2. The summed E-state index contributed by atoms with van der Waals surface area (Å²) in [6.45, 7) is 2.06. The molecule has 0 spiro atoms. The molecule has 30 heavy (non-hydrogen) atoms. The molecular weight excluding hydrogens is 396 g/mol. The van der Waals surface area contributed by atoms with Gasteiger partial charge < -0.3 is 4.74 Å². The first-order chi connectivity index (χ1) is 14.7. The number of thioether (sulfide) groups is 1. The maximum absolute atomic E-state index is 11.8. The fourth-order valence-corrected chi connectivity index (χ4v) is 3.92. The topological polar surface area (TPSA) is 69.9 Å². The summed E-state index contributed by atoms with van der Waals surface area (Å²) in [6, 6.07) is 19.5. The van der Waals surface area contributed by atoms with Gasteiger partial charge in [-0.3, -0.25) is 9.55 Å². The second-order valence-electron chi connectivity index (χ2n) is 6.70. The van der Waals surface area contributed by atoms with Crippen molar-refractivity contribution in [3.8, 4) is 17.1 Å². The van der Waals surface area contributed by atoms with Crippen molar-refractivity contribution in [2.24, 2.45) is 0 Å². The van der Waals surface area contributed by atoms with E-state index in [-0.39, 0.29) is 5.97 Å². The Morgan fingerprint density at radius 3 is 2.63 bits per heavy atom. The number of aryl methyl sites for hydroxylation is 1. The van der Waals surface area contributed by atoms with Gasteiger partial charge in [0, 0.05) is 29.4 Å². The van der Waals surface area contributed by atoms with Crippen LogP contribution >= 0.6 is 11.8 Å². The Morgan fingerprint density at radius 2 is 1.90 bits per heavy atom. The number of aromatic nitrogens is 4. The van der Waals surface area contributed by atoms with Crippen LogP contribution in [0.15, 0.2) is 78.2 Å². The number of rotatable bonds is 6. The molecule has 6 nitrogen and oxygen atoms in total. The number of carbonyl (C=O) groups is 1. The number of hydrogen-bond donors (Lipinski definition) is 0. The van der Waals surface area contributed by atoms with Gasteiger partial charge in [0.05, 0.1) is 12.7 Å². The van der Waals surface area contributed by atoms with E-state index in [9.17, 15) is 4.79 Å². The maximum Gasteiger partial charge on any atom is 0.337 e. The molecule has 0 amide bonds. The summed E-state index contributed by atoms with van der Waals surface area (Å²) in [5.41, 5.74) is 4.60. The van der Waals surface area contributed by atoms with Crippen molar-refractivity contribution in [2.75, 3.05) is 7.11 Å². The lowest BCUT2D eigenvalue weighted by atomic mass is 10.1. The molecule has 0 fully saturated rings. The first-order valence-electron chi connectivity index (χ1n) is 9.38. The highest BCUT2D eigenvalue weighted by Gasteiger charge is 2.16. The van der Waals surface area contributed by atoms with Crippen molar-refractivity contribution in [1.82, 2.24) is 19.7 Å². The van der Waals surface area contributed by atoms with Crippen LogP contribution in [0.3, 0.4) is 0 Å². The molecular formula is C23H20N4O2S. The van der Waals surface area contributed by atoms with Crippen LogP contribution in [0, 0.1) is 6.92 Å². The summed E-state index contributed by atoms with van der Waals surface area (Å²) in [4.78, 5) is 16.0. The second-order valence-corrected chi connectivity index (χ2v) is 7.64. The van der Waals surface area contributed by atoms with Crippen LogP contribution in [-0.2, 0) is 10.5 Å². The van der Waals surface area contributed by atoms with Gasteiger partial charge in [0.25, 0.3) is 0 Å². The van der Waals surface area contributed by atoms with Crippen LogP contribution in [0.2, 0.25) is 0 Å². The molecule has 4 aromatic rings. The molecule has 0 saturated heterocycles. The number of esters is 1. The van der Waals surface area contributed by atoms with E-state index in [0.29, 0.717) is 11.3 Å². The quantitative estimate of drug-likeness (QED) is 0.335. The standard InChI is InChI=1S/C23H20N4O2S/c1-16-8-10-20(11-9-16)27-21(19-7-4-12-24-14-19)25-26-23(27)30-15-17-5-3-6-18(13-17)22(28)29-2/h3-14H,15H2,1-2H3.